The number of nitrogens with zero attached hydrogens (tertiary/aromatic N) is 1. The maximum atomic E-state index is 11.9. The molecule has 5 heteroatoms. The van der Waals surface area contributed by atoms with Crippen LogP contribution in [-0.4, -0.2) is 30.5 Å². The van der Waals surface area contributed by atoms with Crippen LogP contribution in [0.5, 0.6) is 0 Å². The van der Waals surface area contributed by atoms with Crippen LogP contribution in [0.3, 0.4) is 0 Å². The fourth-order valence-electron chi connectivity index (χ4n) is 1.89. The number of alkyl halides is 1. The minimum Gasteiger partial charge on any atom is -0.211 e. The Morgan fingerprint density at radius 3 is 1.61 bits per heavy atom. The van der Waals surface area contributed by atoms with E-state index < -0.39 is 10.0 Å². The highest BCUT2D eigenvalue weighted by atomic mass is 79.9. The highest BCUT2D eigenvalue weighted by molar-refractivity contribution is 9.10. The third kappa shape index (κ3) is 8.48. The average Bonchev–Trinajstić information content (AvgIpc) is 2.36. The molecule has 0 unspecified atom stereocenters. The summed E-state index contributed by atoms with van der Waals surface area (Å²) < 4.78 is 25.5. The van der Waals surface area contributed by atoms with Crippen molar-refractivity contribution in [3.8, 4) is 0 Å². The van der Waals surface area contributed by atoms with Gasteiger partial charge >= 0.3 is 0 Å². The molecule has 0 amide bonds. The summed E-state index contributed by atoms with van der Waals surface area (Å²) in [4.78, 5) is 0. The lowest BCUT2D eigenvalue weighted by Gasteiger charge is -2.20. The minimum absolute atomic E-state index is 0.0432. The first-order valence-corrected chi connectivity index (χ1v) is 9.85. The fraction of sp³-hybridized carbons (Fsp3) is 1.00. The Labute approximate surface area is 122 Å². The minimum atomic E-state index is -3.08. The fourth-order valence-corrected chi connectivity index (χ4v) is 3.71. The van der Waals surface area contributed by atoms with Crippen LogP contribution >= 0.6 is 15.9 Å². The lowest BCUT2D eigenvalue weighted by molar-refractivity contribution is 0.388. The molecule has 0 saturated heterocycles. The zero-order valence-electron chi connectivity index (χ0n) is 11.8. The highest BCUT2D eigenvalue weighted by Crippen LogP contribution is 2.11. The predicted octanol–water partition coefficient (Wildman–Crippen LogP) is 4.13. The van der Waals surface area contributed by atoms with Crippen molar-refractivity contribution < 1.29 is 8.42 Å². The number of unbranched alkanes of at least 4 members (excludes halogenated alkanes) is 6. The van der Waals surface area contributed by atoms with Gasteiger partial charge in [-0.1, -0.05) is 68.3 Å². The molecule has 0 aliphatic heterocycles. The standard InChI is InChI=1S/C13H28BrNO2S/c1-3-5-7-9-11-15(18(16,17)13-14)12-10-8-6-4-2/h3-13H2,1-2H3. The molecule has 0 N–H and O–H groups in total. The molecule has 0 aromatic heterocycles. The van der Waals surface area contributed by atoms with Gasteiger partial charge in [0.2, 0.25) is 10.0 Å². The molecule has 0 heterocycles. The Bertz CT molecular complexity index is 269. The molecule has 110 valence electrons. The van der Waals surface area contributed by atoms with Gasteiger partial charge < -0.3 is 0 Å². The summed E-state index contributed by atoms with van der Waals surface area (Å²) in [6, 6.07) is 0. The Balaban J connectivity index is 4.09. The Hall–Kier alpha value is 0.390. The number of halogens is 1. The normalized spacial score (nSPS) is 12.2. The van der Waals surface area contributed by atoms with Gasteiger partial charge in [0.25, 0.3) is 0 Å². The Kier molecular flexibility index (Phi) is 11.5. The van der Waals surface area contributed by atoms with Gasteiger partial charge in [-0.25, -0.2) is 12.7 Å². The third-order valence-electron chi connectivity index (χ3n) is 3.05. The second-order valence-corrected chi connectivity index (χ2v) is 8.01. The number of sulfonamides is 1. The van der Waals surface area contributed by atoms with Crippen LogP contribution in [0.15, 0.2) is 0 Å². The molecule has 3 nitrogen and oxygen atoms in total. The molecule has 0 radical (unpaired) electrons. The molecule has 0 saturated carbocycles. The predicted molar refractivity (Wildman–Crippen MR) is 82.6 cm³/mol. The molecule has 0 aromatic carbocycles. The largest absolute Gasteiger partial charge is 0.224 e. The van der Waals surface area contributed by atoms with Gasteiger partial charge in [-0.05, 0) is 12.8 Å². The number of hydrogen-bond acceptors (Lipinski definition) is 2. The molecule has 0 spiro atoms. The van der Waals surface area contributed by atoms with Crippen molar-refractivity contribution in [1.29, 1.82) is 0 Å². The summed E-state index contributed by atoms with van der Waals surface area (Å²) in [6.07, 6.45) is 8.96. The molecule has 0 atom stereocenters. The van der Waals surface area contributed by atoms with Gasteiger partial charge in [0.1, 0.15) is 4.66 Å². The molecule has 0 aromatic rings. The van der Waals surface area contributed by atoms with Crippen LogP contribution in [0, 0.1) is 0 Å². The highest BCUT2D eigenvalue weighted by Gasteiger charge is 2.19. The van der Waals surface area contributed by atoms with E-state index >= 15 is 0 Å². The first kappa shape index (κ1) is 18.4. The summed E-state index contributed by atoms with van der Waals surface area (Å²) in [6.45, 7) is 5.69. The van der Waals surface area contributed by atoms with Crippen molar-refractivity contribution in [3.05, 3.63) is 0 Å². The summed E-state index contributed by atoms with van der Waals surface area (Å²) in [7, 11) is -3.08. The van der Waals surface area contributed by atoms with Gasteiger partial charge in [-0.15, -0.1) is 0 Å². The van der Waals surface area contributed by atoms with Crippen molar-refractivity contribution in [2.45, 2.75) is 65.2 Å². The van der Waals surface area contributed by atoms with Crippen LogP contribution in [0.25, 0.3) is 0 Å². The van der Waals surface area contributed by atoms with E-state index in [1.54, 1.807) is 4.31 Å². The second kappa shape index (κ2) is 11.2. The van der Waals surface area contributed by atoms with Crippen molar-refractivity contribution in [1.82, 2.24) is 4.31 Å². The van der Waals surface area contributed by atoms with Gasteiger partial charge in [-0.3, -0.25) is 0 Å². The second-order valence-electron chi connectivity index (χ2n) is 4.74. The summed E-state index contributed by atoms with van der Waals surface area (Å²) in [5.74, 6) is 0. The van der Waals surface area contributed by atoms with E-state index in [1.807, 2.05) is 0 Å². The number of hydrogen-bond donors (Lipinski definition) is 0. The number of rotatable bonds is 12. The lowest BCUT2D eigenvalue weighted by atomic mass is 10.2. The zero-order valence-corrected chi connectivity index (χ0v) is 14.2. The van der Waals surface area contributed by atoms with E-state index in [4.69, 9.17) is 0 Å². The molecule has 0 fully saturated rings. The van der Waals surface area contributed by atoms with Crippen molar-refractivity contribution in [3.63, 3.8) is 0 Å². The van der Waals surface area contributed by atoms with Crippen LogP contribution in [0.4, 0.5) is 0 Å². The lowest BCUT2D eigenvalue weighted by Crippen LogP contribution is -2.33. The van der Waals surface area contributed by atoms with E-state index in [0.29, 0.717) is 13.1 Å². The van der Waals surface area contributed by atoms with Gasteiger partial charge in [0.05, 0.1) is 0 Å². The van der Waals surface area contributed by atoms with Crippen LogP contribution in [0.1, 0.15) is 65.2 Å². The SMILES string of the molecule is CCCCCCN(CCCCCC)S(=O)(=O)CBr. The molecule has 0 bridgehead atoms. The first-order valence-electron chi connectivity index (χ1n) is 7.12. The Morgan fingerprint density at radius 2 is 1.28 bits per heavy atom. The van der Waals surface area contributed by atoms with Gasteiger partial charge in [0.15, 0.2) is 0 Å². The van der Waals surface area contributed by atoms with E-state index in [-0.39, 0.29) is 4.66 Å². The third-order valence-corrected chi connectivity index (χ3v) is 6.22. The maximum absolute atomic E-state index is 11.9. The molecule has 0 rings (SSSR count). The van der Waals surface area contributed by atoms with Crippen molar-refractivity contribution >= 4 is 26.0 Å². The summed E-state index contributed by atoms with van der Waals surface area (Å²) in [5, 5.41) is 0. The van der Waals surface area contributed by atoms with E-state index in [1.165, 1.54) is 25.7 Å². The summed E-state index contributed by atoms with van der Waals surface area (Å²) in [5.41, 5.74) is 0. The van der Waals surface area contributed by atoms with E-state index in [2.05, 4.69) is 29.8 Å². The summed E-state index contributed by atoms with van der Waals surface area (Å²) >= 11 is 3.09. The maximum Gasteiger partial charge on any atom is 0.224 e. The van der Waals surface area contributed by atoms with Crippen LogP contribution < -0.4 is 0 Å². The zero-order chi connectivity index (χ0) is 13.9. The quantitative estimate of drug-likeness (QED) is 0.395. The van der Waals surface area contributed by atoms with Crippen LogP contribution in [-0.2, 0) is 10.0 Å². The molecular formula is C13H28BrNO2S. The first-order chi connectivity index (χ1) is 8.58. The molecular weight excluding hydrogens is 314 g/mol. The van der Waals surface area contributed by atoms with Crippen LogP contribution in [0.2, 0.25) is 0 Å². The van der Waals surface area contributed by atoms with Crippen molar-refractivity contribution in [2.24, 2.45) is 0 Å². The van der Waals surface area contributed by atoms with E-state index in [9.17, 15) is 8.42 Å². The Morgan fingerprint density at radius 1 is 0.833 bits per heavy atom. The van der Waals surface area contributed by atoms with Gasteiger partial charge in [0, 0.05) is 13.1 Å². The van der Waals surface area contributed by atoms with E-state index in [0.717, 1.165) is 25.7 Å². The van der Waals surface area contributed by atoms with Gasteiger partial charge in [-0.2, -0.15) is 0 Å². The molecule has 0 aliphatic carbocycles. The molecule has 18 heavy (non-hydrogen) atoms. The molecule has 0 aliphatic rings. The monoisotopic (exact) mass is 341 g/mol. The average molecular weight is 342 g/mol. The topological polar surface area (TPSA) is 37.4 Å². The smallest absolute Gasteiger partial charge is 0.211 e. The van der Waals surface area contributed by atoms with Crippen molar-refractivity contribution in [2.75, 3.05) is 17.8 Å².